The van der Waals surface area contributed by atoms with Crippen LogP contribution < -0.4 is 10.1 Å². The lowest BCUT2D eigenvalue weighted by Crippen LogP contribution is -2.40. The summed E-state index contributed by atoms with van der Waals surface area (Å²) >= 11 is 0. The summed E-state index contributed by atoms with van der Waals surface area (Å²) in [5.74, 6) is 0.689. The number of benzene rings is 2. The van der Waals surface area contributed by atoms with Crippen molar-refractivity contribution in [3.05, 3.63) is 65.7 Å². The molecule has 0 aliphatic heterocycles. The van der Waals surface area contributed by atoms with Crippen molar-refractivity contribution in [3.63, 3.8) is 0 Å². The number of nitrogens with zero attached hydrogens (tertiary/aromatic N) is 1. The summed E-state index contributed by atoms with van der Waals surface area (Å²) in [6, 6.07) is 18.0. The van der Waals surface area contributed by atoms with Crippen LogP contribution in [0.1, 0.15) is 50.2 Å². The average Bonchev–Trinajstić information content (AvgIpc) is 2.87. The molecule has 1 N–H and O–H groups in total. The molecule has 2 aromatic carbocycles. The highest BCUT2D eigenvalue weighted by Gasteiger charge is 2.26. The number of nitrogens with one attached hydrogen (secondary N) is 1. The Morgan fingerprint density at radius 2 is 1.66 bits per heavy atom. The molecule has 1 saturated carbocycles. The van der Waals surface area contributed by atoms with E-state index in [1.165, 1.54) is 0 Å². The van der Waals surface area contributed by atoms with Crippen LogP contribution in [0.15, 0.2) is 54.6 Å². The summed E-state index contributed by atoms with van der Waals surface area (Å²) in [7, 11) is 5.71. The SMILES string of the molecule is CC/C(=C(/C(=O)NC1CCC(OCCN(C)C)CC1)c1ccc(OCOC)cc1)c1ccccc1. The van der Waals surface area contributed by atoms with Crippen molar-refractivity contribution in [2.24, 2.45) is 0 Å². The van der Waals surface area contributed by atoms with E-state index in [2.05, 4.69) is 43.4 Å². The highest BCUT2D eigenvalue weighted by atomic mass is 16.7. The van der Waals surface area contributed by atoms with E-state index in [1.54, 1.807) is 7.11 Å². The van der Waals surface area contributed by atoms with Crippen molar-refractivity contribution in [2.75, 3.05) is 41.1 Å². The van der Waals surface area contributed by atoms with Crippen LogP contribution in [0.5, 0.6) is 5.75 Å². The number of hydrogen-bond acceptors (Lipinski definition) is 5. The fourth-order valence-corrected chi connectivity index (χ4v) is 4.49. The lowest BCUT2D eigenvalue weighted by atomic mass is 9.90. The molecule has 1 aliphatic carbocycles. The first-order valence-electron chi connectivity index (χ1n) is 12.6. The third kappa shape index (κ3) is 8.20. The minimum Gasteiger partial charge on any atom is -0.468 e. The maximum Gasteiger partial charge on any atom is 0.252 e. The number of likely N-dealkylation sites (N-methyl/N-ethyl adjacent to an activating group) is 1. The molecule has 0 heterocycles. The quantitative estimate of drug-likeness (QED) is 0.263. The fraction of sp³-hybridized carbons (Fsp3) is 0.483. The Kier molecular flexibility index (Phi) is 10.8. The van der Waals surface area contributed by atoms with E-state index in [0.717, 1.165) is 67.5 Å². The van der Waals surface area contributed by atoms with E-state index < -0.39 is 0 Å². The van der Waals surface area contributed by atoms with Crippen molar-refractivity contribution in [1.82, 2.24) is 10.2 Å². The molecule has 6 nitrogen and oxygen atoms in total. The molecule has 0 spiro atoms. The van der Waals surface area contributed by atoms with Crippen LogP contribution in [0.3, 0.4) is 0 Å². The van der Waals surface area contributed by atoms with E-state index in [-0.39, 0.29) is 24.8 Å². The predicted molar refractivity (Wildman–Crippen MR) is 141 cm³/mol. The molecule has 6 heteroatoms. The smallest absolute Gasteiger partial charge is 0.252 e. The number of methoxy groups -OCH3 is 1. The molecule has 2 aromatic rings. The summed E-state index contributed by atoms with van der Waals surface area (Å²) in [6.07, 6.45) is 4.85. The summed E-state index contributed by atoms with van der Waals surface area (Å²) in [5, 5.41) is 3.33. The Morgan fingerprint density at radius 1 is 0.971 bits per heavy atom. The molecule has 1 fully saturated rings. The van der Waals surface area contributed by atoms with Gasteiger partial charge in [-0.1, -0.05) is 49.4 Å². The number of rotatable bonds is 12. The number of allylic oxidation sites excluding steroid dienone is 1. The average molecular weight is 481 g/mol. The summed E-state index contributed by atoms with van der Waals surface area (Å²) < 4.78 is 16.6. The van der Waals surface area contributed by atoms with E-state index in [9.17, 15) is 4.79 Å². The van der Waals surface area contributed by atoms with Gasteiger partial charge >= 0.3 is 0 Å². The summed E-state index contributed by atoms with van der Waals surface area (Å²) in [5.41, 5.74) is 3.71. The largest absolute Gasteiger partial charge is 0.468 e. The van der Waals surface area contributed by atoms with Gasteiger partial charge in [-0.2, -0.15) is 0 Å². The van der Waals surface area contributed by atoms with Crippen molar-refractivity contribution in [1.29, 1.82) is 0 Å². The molecule has 190 valence electrons. The van der Waals surface area contributed by atoms with E-state index in [0.29, 0.717) is 5.75 Å². The maximum absolute atomic E-state index is 13.7. The fourth-order valence-electron chi connectivity index (χ4n) is 4.49. The lowest BCUT2D eigenvalue weighted by molar-refractivity contribution is -0.116. The zero-order valence-corrected chi connectivity index (χ0v) is 21.6. The molecular formula is C29H40N2O4. The molecule has 1 amide bonds. The molecule has 0 atom stereocenters. The van der Waals surface area contributed by atoms with Gasteiger partial charge in [0.1, 0.15) is 5.75 Å². The minimum absolute atomic E-state index is 0.0201. The molecule has 0 aromatic heterocycles. The second-order valence-electron chi connectivity index (χ2n) is 9.27. The van der Waals surface area contributed by atoms with Crippen molar-refractivity contribution < 1.29 is 19.0 Å². The van der Waals surface area contributed by atoms with Crippen LogP contribution in [-0.2, 0) is 14.3 Å². The third-order valence-electron chi connectivity index (χ3n) is 6.39. The van der Waals surface area contributed by atoms with Gasteiger partial charge in [-0.15, -0.1) is 0 Å². The minimum atomic E-state index is -0.0201. The Bertz CT molecular complexity index is 933. The zero-order valence-electron chi connectivity index (χ0n) is 21.6. The van der Waals surface area contributed by atoms with Gasteiger partial charge in [-0.3, -0.25) is 4.79 Å². The van der Waals surface area contributed by atoms with Gasteiger partial charge in [0, 0.05) is 19.7 Å². The van der Waals surface area contributed by atoms with Gasteiger partial charge in [-0.05, 0) is 75.0 Å². The van der Waals surface area contributed by atoms with Gasteiger partial charge < -0.3 is 24.4 Å². The van der Waals surface area contributed by atoms with Crippen molar-refractivity contribution in [3.8, 4) is 5.75 Å². The van der Waals surface area contributed by atoms with E-state index in [4.69, 9.17) is 14.2 Å². The Balaban J connectivity index is 1.76. The molecular weight excluding hydrogens is 440 g/mol. The molecule has 1 aliphatic rings. The van der Waals surface area contributed by atoms with Crippen LogP contribution in [0.4, 0.5) is 0 Å². The molecule has 0 bridgehead atoms. The van der Waals surface area contributed by atoms with Gasteiger partial charge in [-0.25, -0.2) is 0 Å². The molecule has 0 unspecified atom stereocenters. The normalized spacial score (nSPS) is 18.8. The molecule has 3 rings (SSSR count). The second kappa shape index (κ2) is 14.0. The van der Waals surface area contributed by atoms with Crippen LogP contribution in [0, 0.1) is 0 Å². The first kappa shape index (κ1) is 26.9. The highest BCUT2D eigenvalue weighted by molar-refractivity contribution is 6.27. The van der Waals surface area contributed by atoms with Gasteiger partial charge in [0.2, 0.25) is 0 Å². The molecule has 35 heavy (non-hydrogen) atoms. The molecule has 0 saturated heterocycles. The highest BCUT2D eigenvalue weighted by Crippen LogP contribution is 2.31. The number of amides is 1. The number of carbonyl (C=O) groups excluding carboxylic acids is 1. The Morgan fingerprint density at radius 3 is 2.26 bits per heavy atom. The standard InChI is InChI=1S/C29H40N2O4/c1-5-27(22-9-7-6-8-10-22)28(23-11-15-26(16-12-23)35-21-33-4)29(32)30-24-13-17-25(18-14-24)34-20-19-31(2)3/h6-12,15-16,24-25H,5,13-14,17-21H2,1-4H3,(H,30,32)/b28-27-. The van der Waals surface area contributed by atoms with Gasteiger partial charge in [0.15, 0.2) is 6.79 Å². The van der Waals surface area contributed by atoms with E-state index >= 15 is 0 Å². The lowest BCUT2D eigenvalue weighted by Gasteiger charge is -2.30. The van der Waals surface area contributed by atoms with Crippen molar-refractivity contribution in [2.45, 2.75) is 51.2 Å². The molecule has 0 radical (unpaired) electrons. The monoisotopic (exact) mass is 480 g/mol. The number of ether oxygens (including phenoxy) is 3. The predicted octanol–water partition coefficient (Wildman–Crippen LogP) is 5.00. The summed E-state index contributed by atoms with van der Waals surface area (Å²) in [6.45, 7) is 3.97. The van der Waals surface area contributed by atoms with Gasteiger partial charge in [0.05, 0.1) is 18.3 Å². The summed E-state index contributed by atoms with van der Waals surface area (Å²) in [4.78, 5) is 15.8. The van der Waals surface area contributed by atoms with E-state index in [1.807, 2.05) is 42.5 Å². The third-order valence-corrected chi connectivity index (χ3v) is 6.39. The van der Waals surface area contributed by atoms with Crippen LogP contribution >= 0.6 is 0 Å². The Labute approximate surface area is 210 Å². The topological polar surface area (TPSA) is 60.0 Å². The second-order valence-corrected chi connectivity index (χ2v) is 9.27. The maximum atomic E-state index is 13.7. The van der Waals surface area contributed by atoms with Crippen LogP contribution in [0.25, 0.3) is 11.1 Å². The van der Waals surface area contributed by atoms with Crippen LogP contribution in [-0.4, -0.2) is 64.1 Å². The first-order valence-corrected chi connectivity index (χ1v) is 12.6. The van der Waals surface area contributed by atoms with Crippen LogP contribution in [0.2, 0.25) is 0 Å². The first-order chi connectivity index (χ1) is 17.0. The number of hydrogen-bond donors (Lipinski definition) is 1. The van der Waals surface area contributed by atoms with Crippen molar-refractivity contribution >= 4 is 17.1 Å². The zero-order chi connectivity index (χ0) is 25.0. The number of carbonyl (C=O) groups is 1. The Hall–Kier alpha value is -2.67. The van der Waals surface area contributed by atoms with Gasteiger partial charge in [0.25, 0.3) is 5.91 Å².